The molecule has 0 bridgehead atoms. The lowest BCUT2D eigenvalue weighted by atomic mass is 9.89. The van der Waals surface area contributed by atoms with Crippen molar-refractivity contribution < 1.29 is 14.3 Å². The van der Waals surface area contributed by atoms with Crippen LogP contribution in [-0.4, -0.2) is 35.3 Å². The van der Waals surface area contributed by atoms with Crippen molar-refractivity contribution in [2.45, 2.75) is 25.7 Å². The van der Waals surface area contributed by atoms with Crippen LogP contribution in [0.1, 0.15) is 50.6 Å². The molecule has 4 rings (SSSR count). The van der Waals surface area contributed by atoms with Crippen LogP contribution in [0, 0.1) is 6.92 Å². The van der Waals surface area contributed by atoms with Gasteiger partial charge in [-0.3, -0.25) is 14.4 Å². The van der Waals surface area contributed by atoms with E-state index in [2.05, 4.69) is 15.3 Å². The molecule has 2 aromatic heterocycles. The highest BCUT2D eigenvalue weighted by molar-refractivity contribution is 6.07. The van der Waals surface area contributed by atoms with Crippen LogP contribution in [0.25, 0.3) is 10.9 Å². The topological polar surface area (TPSA) is 127 Å². The Balaban J connectivity index is 1.56. The quantitative estimate of drug-likeness (QED) is 0.306. The molecule has 0 saturated heterocycles. The van der Waals surface area contributed by atoms with Crippen molar-refractivity contribution in [3.8, 4) is 5.88 Å². The fourth-order valence-electron chi connectivity index (χ4n) is 4.14. The second kappa shape index (κ2) is 11.0. The summed E-state index contributed by atoms with van der Waals surface area (Å²) in [5, 5.41) is 3.37. The molecule has 0 spiro atoms. The molecule has 1 amide bonds. The number of aryl methyl sites for hydroxylation is 1. The number of hydrogen-bond donors (Lipinski definition) is 3. The van der Waals surface area contributed by atoms with Gasteiger partial charge in [0.25, 0.3) is 11.5 Å². The molecule has 0 aliphatic rings. The first kappa shape index (κ1) is 24.8. The van der Waals surface area contributed by atoms with E-state index in [0.717, 1.165) is 11.1 Å². The van der Waals surface area contributed by atoms with Crippen LogP contribution in [0.3, 0.4) is 0 Å². The zero-order chi connectivity index (χ0) is 25.7. The van der Waals surface area contributed by atoms with Gasteiger partial charge in [-0.1, -0.05) is 42.5 Å². The zero-order valence-electron chi connectivity index (χ0n) is 20.2. The Bertz CT molecular complexity index is 1460. The number of nitrogens with two attached hydrogens (primary N) is 1. The number of nitrogens with zero attached hydrogens (tertiary/aromatic N) is 1. The summed E-state index contributed by atoms with van der Waals surface area (Å²) < 4.78 is 5.08. The largest absolute Gasteiger partial charge is 0.481 e. The third-order valence-electron chi connectivity index (χ3n) is 6.18. The van der Waals surface area contributed by atoms with Gasteiger partial charge in [0.2, 0.25) is 5.88 Å². The smallest absolute Gasteiger partial charge is 0.261 e. The van der Waals surface area contributed by atoms with Crippen LogP contribution in [0.4, 0.5) is 5.69 Å². The monoisotopic (exact) mass is 484 g/mol. The normalized spacial score (nSPS) is 11.8. The number of aromatic nitrogens is 2. The van der Waals surface area contributed by atoms with E-state index in [1.165, 1.54) is 19.4 Å². The SMILES string of the molecule is COc1cc2[nH]c(=O)c(C(=O)Nc3cc(C(=O)CC(CCN)c4ccccc4)ccc3C)cc2cn1. The Morgan fingerprint density at radius 3 is 2.61 bits per heavy atom. The van der Waals surface area contributed by atoms with Crippen LogP contribution in [0.5, 0.6) is 5.88 Å². The van der Waals surface area contributed by atoms with Crippen molar-refractivity contribution in [3.63, 3.8) is 0 Å². The van der Waals surface area contributed by atoms with E-state index >= 15 is 0 Å². The number of pyridine rings is 2. The lowest BCUT2D eigenvalue weighted by molar-refractivity contribution is 0.0970. The highest BCUT2D eigenvalue weighted by Gasteiger charge is 2.19. The Morgan fingerprint density at radius 2 is 1.89 bits per heavy atom. The summed E-state index contributed by atoms with van der Waals surface area (Å²) in [5.74, 6) is -0.261. The maximum absolute atomic E-state index is 13.1. The summed E-state index contributed by atoms with van der Waals surface area (Å²) in [5.41, 5.74) is 8.50. The van der Waals surface area contributed by atoms with Gasteiger partial charge in [-0.15, -0.1) is 0 Å². The number of fused-ring (bicyclic) bond motifs is 1. The fraction of sp³-hybridized carbons (Fsp3) is 0.214. The van der Waals surface area contributed by atoms with Crippen LogP contribution in [0.15, 0.2) is 71.7 Å². The van der Waals surface area contributed by atoms with Crippen molar-refractivity contribution in [1.29, 1.82) is 0 Å². The molecule has 0 fully saturated rings. The molecule has 4 aromatic rings. The first-order valence-electron chi connectivity index (χ1n) is 11.7. The number of amides is 1. The average molecular weight is 485 g/mol. The number of carbonyl (C=O) groups is 2. The fourth-order valence-corrected chi connectivity index (χ4v) is 4.14. The van der Waals surface area contributed by atoms with E-state index in [4.69, 9.17) is 10.5 Å². The third kappa shape index (κ3) is 5.50. The Kier molecular flexibility index (Phi) is 7.56. The van der Waals surface area contributed by atoms with Crippen molar-refractivity contribution in [2.24, 2.45) is 5.73 Å². The summed E-state index contributed by atoms with van der Waals surface area (Å²) in [6, 6.07) is 18.1. The predicted molar refractivity (Wildman–Crippen MR) is 140 cm³/mol. The average Bonchev–Trinajstić information content (AvgIpc) is 2.89. The van der Waals surface area contributed by atoms with E-state index < -0.39 is 11.5 Å². The molecule has 0 aliphatic carbocycles. The molecule has 0 aliphatic heterocycles. The molecule has 2 heterocycles. The van der Waals surface area contributed by atoms with Crippen molar-refractivity contribution in [2.75, 3.05) is 19.0 Å². The number of anilines is 1. The van der Waals surface area contributed by atoms with Gasteiger partial charge in [0.05, 0.1) is 12.6 Å². The van der Waals surface area contributed by atoms with Gasteiger partial charge >= 0.3 is 0 Å². The zero-order valence-corrected chi connectivity index (χ0v) is 20.2. The number of carbonyl (C=O) groups excluding carboxylic acids is 2. The number of ketones is 1. The molecule has 36 heavy (non-hydrogen) atoms. The molecule has 1 unspecified atom stereocenters. The number of rotatable bonds is 9. The molecule has 4 N–H and O–H groups in total. The van der Waals surface area contributed by atoms with Crippen LogP contribution >= 0.6 is 0 Å². The number of H-pyrrole nitrogens is 1. The Hall–Kier alpha value is -4.30. The van der Waals surface area contributed by atoms with Crippen molar-refractivity contribution in [3.05, 3.63) is 99.5 Å². The number of Topliss-reactive ketones (excluding diaryl/α,β-unsaturated/α-hetero) is 1. The highest BCUT2D eigenvalue weighted by atomic mass is 16.5. The minimum Gasteiger partial charge on any atom is -0.481 e. The molecule has 1 atom stereocenters. The van der Waals surface area contributed by atoms with Crippen LogP contribution < -0.4 is 21.3 Å². The van der Waals surface area contributed by atoms with Crippen molar-refractivity contribution in [1.82, 2.24) is 9.97 Å². The van der Waals surface area contributed by atoms with Gasteiger partial charge in [-0.05, 0) is 49.1 Å². The first-order valence-corrected chi connectivity index (χ1v) is 11.7. The van der Waals surface area contributed by atoms with Gasteiger partial charge in [0, 0.05) is 35.3 Å². The summed E-state index contributed by atoms with van der Waals surface area (Å²) in [4.78, 5) is 45.6. The molecular formula is C28H28N4O4. The van der Waals surface area contributed by atoms with Gasteiger partial charge in [-0.2, -0.15) is 0 Å². The first-order chi connectivity index (χ1) is 17.4. The number of methoxy groups -OCH3 is 1. The second-order valence-corrected chi connectivity index (χ2v) is 8.62. The van der Waals surface area contributed by atoms with Crippen LogP contribution in [-0.2, 0) is 0 Å². The molecule has 0 radical (unpaired) electrons. The molecule has 8 nitrogen and oxygen atoms in total. The van der Waals surface area contributed by atoms with E-state index in [1.807, 2.05) is 37.3 Å². The standard InChI is InChI=1S/C28H28N4O4/c1-17-8-9-20(25(33)14-19(10-11-29)18-6-4-3-5-7-18)13-23(17)31-27(34)22-12-21-16-30-26(36-2)15-24(21)32-28(22)35/h3-9,12-13,15-16,19H,10-11,14,29H2,1-2H3,(H,31,34)(H,32,35). The number of nitrogens with one attached hydrogen (secondary N) is 2. The third-order valence-corrected chi connectivity index (χ3v) is 6.18. The molecule has 0 saturated carbocycles. The number of aromatic amines is 1. The van der Waals surface area contributed by atoms with E-state index in [9.17, 15) is 14.4 Å². The van der Waals surface area contributed by atoms with E-state index in [1.54, 1.807) is 24.3 Å². The lowest BCUT2D eigenvalue weighted by Crippen LogP contribution is -2.23. The van der Waals surface area contributed by atoms with Crippen molar-refractivity contribution >= 4 is 28.3 Å². The molecular weight excluding hydrogens is 456 g/mol. The second-order valence-electron chi connectivity index (χ2n) is 8.62. The minimum absolute atomic E-state index is 0.00596. The van der Waals surface area contributed by atoms with Gasteiger partial charge < -0.3 is 20.8 Å². The summed E-state index contributed by atoms with van der Waals surface area (Å²) in [7, 11) is 1.48. The molecule has 2 aromatic carbocycles. The minimum atomic E-state index is -0.577. The lowest BCUT2D eigenvalue weighted by Gasteiger charge is -2.16. The number of ether oxygens (including phenoxy) is 1. The predicted octanol–water partition coefficient (Wildman–Crippen LogP) is 4.20. The maximum atomic E-state index is 13.1. The van der Waals surface area contributed by atoms with Gasteiger partial charge in [0.1, 0.15) is 5.56 Å². The maximum Gasteiger partial charge on any atom is 0.261 e. The van der Waals surface area contributed by atoms with E-state index in [-0.39, 0.29) is 17.3 Å². The summed E-state index contributed by atoms with van der Waals surface area (Å²) >= 11 is 0. The van der Waals surface area contributed by atoms with Gasteiger partial charge in [0.15, 0.2) is 5.78 Å². The number of benzene rings is 2. The summed E-state index contributed by atoms with van der Waals surface area (Å²) in [6.07, 6.45) is 2.52. The van der Waals surface area contributed by atoms with Gasteiger partial charge in [-0.25, -0.2) is 4.98 Å². The van der Waals surface area contributed by atoms with E-state index in [0.29, 0.717) is 47.4 Å². The molecule has 8 heteroatoms. The summed E-state index contributed by atoms with van der Waals surface area (Å²) in [6.45, 7) is 2.30. The van der Waals surface area contributed by atoms with Crippen LogP contribution in [0.2, 0.25) is 0 Å². The number of hydrogen-bond acceptors (Lipinski definition) is 6. The Morgan fingerprint density at radius 1 is 1.11 bits per heavy atom. The Labute approximate surface area is 208 Å². The molecule has 184 valence electrons. The highest BCUT2D eigenvalue weighted by Crippen LogP contribution is 2.26.